The molecular weight excluding hydrogens is 425 g/mol. The number of aliphatic imine (C=N–C) groups is 1. The summed E-state index contributed by atoms with van der Waals surface area (Å²) in [5.41, 5.74) is 2.95. The SMILES string of the molecule is CCNC(=NCC1(CC(C)C)CCC1)NCCCc1cn[nH]c1C.I. The molecule has 1 aromatic heterocycles. The minimum absolute atomic E-state index is 0. The van der Waals surface area contributed by atoms with Crippen molar-refractivity contribution in [2.45, 2.75) is 66.2 Å². The van der Waals surface area contributed by atoms with Gasteiger partial charge in [-0.05, 0) is 62.8 Å². The van der Waals surface area contributed by atoms with Gasteiger partial charge in [0, 0.05) is 25.3 Å². The van der Waals surface area contributed by atoms with E-state index in [0.29, 0.717) is 5.41 Å². The number of nitrogens with zero attached hydrogens (tertiary/aromatic N) is 2. The minimum atomic E-state index is 0. The van der Waals surface area contributed by atoms with Crippen molar-refractivity contribution in [1.82, 2.24) is 20.8 Å². The molecule has 1 saturated carbocycles. The molecule has 0 saturated heterocycles. The molecular formula is C19H36IN5. The maximum Gasteiger partial charge on any atom is 0.191 e. The lowest BCUT2D eigenvalue weighted by Crippen LogP contribution is -2.40. The second-order valence-electron chi connectivity index (χ2n) is 7.70. The van der Waals surface area contributed by atoms with Crippen LogP contribution in [0.2, 0.25) is 0 Å². The number of aromatic nitrogens is 2. The number of hydrogen-bond donors (Lipinski definition) is 3. The van der Waals surface area contributed by atoms with Crippen LogP contribution in [0.25, 0.3) is 0 Å². The molecule has 0 aliphatic heterocycles. The fraction of sp³-hybridized carbons (Fsp3) is 0.789. The van der Waals surface area contributed by atoms with Crippen LogP contribution in [0.5, 0.6) is 0 Å². The lowest BCUT2D eigenvalue weighted by atomic mass is 9.64. The molecule has 144 valence electrons. The Morgan fingerprint density at radius 2 is 2.12 bits per heavy atom. The first-order valence-electron chi connectivity index (χ1n) is 9.56. The van der Waals surface area contributed by atoms with E-state index in [1.807, 2.05) is 6.20 Å². The molecule has 1 heterocycles. The van der Waals surface area contributed by atoms with Gasteiger partial charge in [-0.1, -0.05) is 20.3 Å². The molecule has 0 unspecified atom stereocenters. The number of aromatic amines is 1. The molecule has 0 amide bonds. The summed E-state index contributed by atoms with van der Waals surface area (Å²) >= 11 is 0. The summed E-state index contributed by atoms with van der Waals surface area (Å²) in [5, 5.41) is 13.9. The first-order chi connectivity index (χ1) is 11.5. The molecule has 3 N–H and O–H groups in total. The van der Waals surface area contributed by atoms with Crippen LogP contribution in [-0.4, -0.2) is 35.8 Å². The molecule has 1 fully saturated rings. The Labute approximate surface area is 170 Å². The Kier molecular flexibility index (Phi) is 9.82. The summed E-state index contributed by atoms with van der Waals surface area (Å²) < 4.78 is 0. The second kappa shape index (κ2) is 11.0. The van der Waals surface area contributed by atoms with Gasteiger partial charge in [0.2, 0.25) is 0 Å². The van der Waals surface area contributed by atoms with Crippen molar-refractivity contribution in [3.8, 4) is 0 Å². The largest absolute Gasteiger partial charge is 0.357 e. The number of aryl methyl sites for hydroxylation is 2. The minimum Gasteiger partial charge on any atom is -0.357 e. The summed E-state index contributed by atoms with van der Waals surface area (Å²) in [6.45, 7) is 11.7. The van der Waals surface area contributed by atoms with Crippen molar-refractivity contribution in [3.63, 3.8) is 0 Å². The predicted octanol–water partition coefficient (Wildman–Crippen LogP) is 4.04. The fourth-order valence-electron chi connectivity index (χ4n) is 3.67. The van der Waals surface area contributed by atoms with Crippen molar-refractivity contribution in [1.29, 1.82) is 0 Å². The average molecular weight is 461 g/mol. The van der Waals surface area contributed by atoms with E-state index in [2.05, 4.69) is 48.5 Å². The summed E-state index contributed by atoms with van der Waals surface area (Å²) in [6.07, 6.45) is 9.42. The summed E-state index contributed by atoms with van der Waals surface area (Å²) in [6, 6.07) is 0. The maximum atomic E-state index is 4.89. The molecule has 0 bridgehead atoms. The first-order valence-corrected chi connectivity index (χ1v) is 9.56. The van der Waals surface area contributed by atoms with Crippen LogP contribution < -0.4 is 10.6 Å². The maximum absolute atomic E-state index is 4.89. The normalized spacial score (nSPS) is 16.3. The van der Waals surface area contributed by atoms with Gasteiger partial charge in [0.1, 0.15) is 0 Å². The zero-order valence-electron chi connectivity index (χ0n) is 16.3. The smallest absolute Gasteiger partial charge is 0.191 e. The van der Waals surface area contributed by atoms with Crippen LogP contribution in [0.15, 0.2) is 11.2 Å². The molecule has 0 atom stereocenters. The Bertz CT molecular complexity index is 520. The topological polar surface area (TPSA) is 65.1 Å². The molecule has 1 aliphatic carbocycles. The number of hydrogen-bond acceptors (Lipinski definition) is 2. The number of nitrogens with one attached hydrogen (secondary N) is 3. The Hall–Kier alpha value is -0.790. The van der Waals surface area contributed by atoms with Crippen molar-refractivity contribution in [3.05, 3.63) is 17.5 Å². The zero-order valence-corrected chi connectivity index (χ0v) is 18.7. The van der Waals surface area contributed by atoms with Gasteiger partial charge in [-0.2, -0.15) is 5.10 Å². The van der Waals surface area contributed by atoms with Crippen LogP contribution in [-0.2, 0) is 6.42 Å². The van der Waals surface area contributed by atoms with E-state index in [0.717, 1.165) is 44.4 Å². The third-order valence-corrected chi connectivity index (χ3v) is 5.02. The lowest BCUT2D eigenvalue weighted by Gasteiger charge is -2.42. The highest BCUT2D eigenvalue weighted by molar-refractivity contribution is 14.0. The molecule has 0 aromatic carbocycles. The number of rotatable bonds is 9. The van der Waals surface area contributed by atoms with E-state index in [1.54, 1.807) is 0 Å². The van der Waals surface area contributed by atoms with Gasteiger partial charge < -0.3 is 10.6 Å². The molecule has 1 aliphatic rings. The predicted molar refractivity (Wildman–Crippen MR) is 117 cm³/mol. The van der Waals surface area contributed by atoms with Crippen LogP contribution in [0.4, 0.5) is 0 Å². The quantitative estimate of drug-likeness (QED) is 0.225. The third kappa shape index (κ3) is 7.15. The molecule has 0 radical (unpaired) electrons. The van der Waals surface area contributed by atoms with Gasteiger partial charge >= 0.3 is 0 Å². The molecule has 2 rings (SSSR count). The van der Waals surface area contributed by atoms with Gasteiger partial charge in [-0.15, -0.1) is 24.0 Å². The van der Waals surface area contributed by atoms with Gasteiger partial charge in [-0.3, -0.25) is 10.1 Å². The summed E-state index contributed by atoms with van der Waals surface area (Å²) in [7, 11) is 0. The molecule has 25 heavy (non-hydrogen) atoms. The number of guanidine groups is 1. The molecule has 6 heteroatoms. The highest BCUT2D eigenvalue weighted by atomic mass is 127. The average Bonchev–Trinajstić information content (AvgIpc) is 2.90. The van der Waals surface area contributed by atoms with E-state index in [-0.39, 0.29) is 24.0 Å². The number of halogens is 1. The molecule has 1 aromatic rings. The number of H-pyrrole nitrogens is 1. The van der Waals surface area contributed by atoms with Crippen molar-refractivity contribution in [2.24, 2.45) is 16.3 Å². The van der Waals surface area contributed by atoms with E-state index in [9.17, 15) is 0 Å². The van der Waals surface area contributed by atoms with Crippen LogP contribution >= 0.6 is 24.0 Å². The van der Waals surface area contributed by atoms with Crippen molar-refractivity contribution < 1.29 is 0 Å². The summed E-state index contributed by atoms with van der Waals surface area (Å²) in [5.74, 6) is 1.73. The first kappa shape index (κ1) is 22.3. The second-order valence-corrected chi connectivity index (χ2v) is 7.70. The lowest BCUT2D eigenvalue weighted by molar-refractivity contribution is 0.111. The standard InChI is InChI=1S/C19H35N5.HI/c1-5-20-18(21-11-6-8-17-13-23-24-16(17)4)22-14-19(9-7-10-19)12-15(2)3;/h13,15H,5-12,14H2,1-4H3,(H,23,24)(H2,20,21,22);1H. The highest BCUT2D eigenvalue weighted by Gasteiger charge is 2.37. The Morgan fingerprint density at radius 3 is 2.64 bits per heavy atom. The van der Waals surface area contributed by atoms with Crippen molar-refractivity contribution >= 4 is 29.9 Å². The van der Waals surface area contributed by atoms with Gasteiger partial charge in [-0.25, -0.2) is 0 Å². The summed E-state index contributed by atoms with van der Waals surface area (Å²) in [4.78, 5) is 4.89. The van der Waals surface area contributed by atoms with Gasteiger partial charge in [0.15, 0.2) is 5.96 Å². The van der Waals surface area contributed by atoms with E-state index in [4.69, 9.17) is 4.99 Å². The Morgan fingerprint density at radius 1 is 1.36 bits per heavy atom. The Balaban J connectivity index is 0.00000312. The van der Waals surface area contributed by atoms with Crippen molar-refractivity contribution in [2.75, 3.05) is 19.6 Å². The van der Waals surface area contributed by atoms with E-state index >= 15 is 0 Å². The molecule has 5 nitrogen and oxygen atoms in total. The monoisotopic (exact) mass is 461 g/mol. The zero-order chi connectivity index (χ0) is 17.4. The van der Waals surface area contributed by atoms with Gasteiger partial charge in [0.05, 0.1) is 6.20 Å². The van der Waals surface area contributed by atoms with Gasteiger partial charge in [0.25, 0.3) is 0 Å². The highest BCUT2D eigenvalue weighted by Crippen LogP contribution is 2.46. The van der Waals surface area contributed by atoms with Crippen LogP contribution in [0.3, 0.4) is 0 Å². The van der Waals surface area contributed by atoms with Crippen LogP contribution in [0.1, 0.15) is 64.1 Å². The van der Waals surface area contributed by atoms with Crippen LogP contribution in [0, 0.1) is 18.3 Å². The van der Waals surface area contributed by atoms with E-state index < -0.39 is 0 Å². The molecule has 0 spiro atoms. The fourth-order valence-corrected chi connectivity index (χ4v) is 3.67. The third-order valence-electron chi connectivity index (χ3n) is 5.02. The van der Waals surface area contributed by atoms with E-state index in [1.165, 1.54) is 36.9 Å².